The summed E-state index contributed by atoms with van der Waals surface area (Å²) < 4.78 is 0. The van der Waals surface area contributed by atoms with Gasteiger partial charge in [-0.1, -0.05) is 33.8 Å². The predicted molar refractivity (Wildman–Crippen MR) is 84.9 cm³/mol. The van der Waals surface area contributed by atoms with Crippen LogP contribution in [0.2, 0.25) is 0 Å². The van der Waals surface area contributed by atoms with Gasteiger partial charge in [0, 0.05) is 17.1 Å². The van der Waals surface area contributed by atoms with Crippen molar-refractivity contribution in [3.8, 4) is 0 Å². The summed E-state index contributed by atoms with van der Waals surface area (Å²) in [5.74, 6) is 0. The van der Waals surface area contributed by atoms with Gasteiger partial charge in [0.25, 0.3) is 0 Å². The third-order valence-electron chi connectivity index (χ3n) is 4.40. The molecule has 1 fully saturated rings. The summed E-state index contributed by atoms with van der Waals surface area (Å²) in [6.45, 7) is 9.56. The zero-order valence-corrected chi connectivity index (χ0v) is 13.0. The van der Waals surface area contributed by atoms with Gasteiger partial charge in [0.2, 0.25) is 0 Å². The van der Waals surface area contributed by atoms with Crippen molar-refractivity contribution in [3.63, 3.8) is 0 Å². The number of rotatable bonds is 2. The van der Waals surface area contributed by atoms with Crippen LogP contribution in [0, 0.1) is 10.8 Å². The van der Waals surface area contributed by atoms with E-state index in [0.717, 1.165) is 5.52 Å². The van der Waals surface area contributed by atoms with Crippen LogP contribution in [0.25, 0.3) is 10.9 Å². The Morgan fingerprint density at radius 2 is 1.85 bits per heavy atom. The van der Waals surface area contributed by atoms with Crippen LogP contribution in [-0.2, 0) is 0 Å². The van der Waals surface area contributed by atoms with Crippen molar-refractivity contribution in [2.24, 2.45) is 10.8 Å². The van der Waals surface area contributed by atoms with E-state index in [1.807, 2.05) is 6.20 Å². The molecule has 2 N–H and O–H groups in total. The number of benzene rings is 1. The Labute approximate surface area is 121 Å². The van der Waals surface area contributed by atoms with Gasteiger partial charge in [0.05, 0.1) is 11.7 Å². The molecule has 0 aliphatic heterocycles. The molecule has 1 saturated carbocycles. The summed E-state index contributed by atoms with van der Waals surface area (Å²) in [4.78, 5) is 0. The van der Waals surface area contributed by atoms with Crippen LogP contribution >= 0.6 is 0 Å². The molecular weight excluding hydrogens is 246 g/mol. The minimum Gasteiger partial charge on any atom is -0.382 e. The van der Waals surface area contributed by atoms with Crippen molar-refractivity contribution in [2.75, 3.05) is 5.32 Å². The molecule has 0 amide bonds. The molecule has 3 nitrogen and oxygen atoms in total. The first-order valence-corrected chi connectivity index (χ1v) is 7.53. The fraction of sp³-hybridized carbons (Fsp3) is 0.588. The van der Waals surface area contributed by atoms with E-state index in [4.69, 9.17) is 0 Å². The van der Waals surface area contributed by atoms with Crippen LogP contribution < -0.4 is 5.32 Å². The summed E-state index contributed by atoms with van der Waals surface area (Å²) in [5, 5.41) is 12.1. The van der Waals surface area contributed by atoms with Crippen LogP contribution in [0.3, 0.4) is 0 Å². The number of hydrogen-bond donors (Lipinski definition) is 2. The molecule has 0 radical (unpaired) electrons. The Balaban J connectivity index is 1.85. The first-order chi connectivity index (χ1) is 9.35. The average molecular weight is 271 g/mol. The lowest BCUT2D eigenvalue weighted by Crippen LogP contribution is -2.40. The van der Waals surface area contributed by atoms with Gasteiger partial charge in [0.15, 0.2) is 0 Å². The predicted octanol–water partition coefficient (Wildman–Crippen LogP) is 4.58. The molecule has 3 heteroatoms. The van der Waals surface area contributed by atoms with Gasteiger partial charge < -0.3 is 5.32 Å². The number of hydrogen-bond acceptors (Lipinski definition) is 2. The summed E-state index contributed by atoms with van der Waals surface area (Å²) in [6.07, 6.45) is 5.67. The fourth-order valence-electron chi connectivity index (χ4n) is 4.26. The lowest BCUT2D eigenvalue weighted by molar-refractivity contribution is 0.105. The lowest BCUT2D eigenvalue weighted by Gasteiger charge is -2.45. The Kier molecular flexibility index (Phi) is 3.03. The van der Waals surface area contributed by atoms with Gasteiger partial charge >= 0.3 is 0 Å². The molecule has 1 aliphatic rings. The standard InChI is InChI=1S/C17H25N3/c1-16(2)8-12(9-17(3,4)11-16)19-14-6-5-7-15-13(14)10-18-20-15/h5-7,10,12,19H,8-9,11H2,1-4H3,(H,18,20). The monoisotopic (exact) mass is 271 g/mol. The van der Waals surface area contributed by atoms with Gasteiger partial charge in [-0.2, -0.15) is 5.10 Å². The van der Waals surface area contributed by atoms with E-state index >= 15 is 0 Å². The molecule has 0 atom stereocenters. The molecule has 1 aromatic heterocycles. The SMILES string of the molecule is CC1(C)CC(Nc2cccc3[nH]ncc23)CC(C)(C)C1. The van der Waals surface area contributed by atoms with E-state index < -0.39 is 0 Å². The summed E-state index contributed by atoms with van der Waals surface area (Å²) in [7, 11) is 0. The highest BCUT2D eigenvalue weighted by atomic mass is 15.1. The van der Waals surface area contributed by atoms with E-state index in [2.05, 4.69) is 61.4 Å². The summed E-state index contributed by atoms with van der Waals surface area (Å²) in [6, 6.07) is 6.85. The second kappa shape index (κ2) is 4.51. The lowest BCUT2D eigenvalue weighted by atomic mass is 9.63. The third-order valence-corrected chi connectivity index (χ3v) is 4.40. The summed E-state index contributed by atoms with van der Waals surface area (Å²) >= 11 is 0. The Hall–Kier alpha value is -1.51. The zero-order valence-electron chi connectivity index (χ0n) is 13.0. The molecule has 3 rings (SSSR count). The highest BCUT2D eigenvalue weighted by Crippen LogP contribution is 2.46. The maximum atomic E-state index is 4.15. The maximum absolute atomic E-state index is 4.15. The average Bonchev–Trinajstić information content (AvgIpc) is 2.73. The first-order valence-electron chi connectivity index (χ1n) is 7.53. The minimum absolute atomic E-state index is 0.406. The quantitative estimate of drug-likeness (QED) is 0.839. The van der Waals surface area contributed by atoms with Crippen LogP contribution in [0.5, 0.6) is 0 Å². The molecule has 1 aromatic carbocycles. The van der Waals surface area contributed by atoms with Crippen LogP contribution in [-0.4, -0.2) is 16.2 Å². The first kappa shape index (κ1) is 13.5. The zero-order chi connectivity index (χ0) is 14.4. The van der Waals surface area contributed by atoms with E-state index in [9.17, 15) is 0 Å². The second-order valence-corrected chi connectivity index (χ2v) is 7.89. The molecule has 108 valence electrons. The van der Waals surface area contributed by atoms with Gasteiger partial charge in [-0.25, -0.2) is 0 Å². The summed E-state index contributed by atoms with van der Waals surface area (Å²) in [5.41, 5.74) is 3.12. The number of nitrogens with one attached hydrogen (secondary N) is 2. The molecule has 2 aromatic rings. The molecular formula is C17H25N3. The van der Waals surface area contributed by atoms with Crippen molar-refractivity contribution in [1.82, 2.24) is 10.2 Å². The van der Waals surface area contributed by atoms with E-state index in [1.54, 1.807) is 0 Å². The number of nitrogens with zero attached hydrogens (tertiary/aromatic N) is 1. The van der Waals surface area contributed by atoms with Crippen LogP contribution in [0.4, 0.5) is 5.69 Å². The largest absolute Gasteiger partial charge is 0.382 e. The van der Waals surface area contributed by atoms with Crippen molar-refractivity contribution in [3.05, 3.63) is 24.4 Å². The molecule has 1 aliphatic carbocycles. The van der Waals surface area contributed by atoms with Gasteiger partial charge in [-0.05, 0) is 42.2 Å². The van der Waals surface area contributed by atoms with Crippen molar-refractivity contribution in [2.45, 2.75) is 53.0 Å². The Morgan fingerprint density at radius 1 is 1.15 bits per heavy atom. The van der Waals surface area contributed by atoms with Gasteiger partial charge in [0.1, 0.15) is 0 Å². The Morgan fingerprint density at radius 3 is 2.55 bits per heavy atom. The normalized spacial score (nSPS) is 22.0. The van der Waals surface area contributed by atoms with E-state index in [0.29, 0.717) is 16.9 Å². The molecule has 20 heavy (non-hydrogen) atoms. The number of aromatic nitrogens is 2. The second-order valence-electron chi connectivity index (χ2n) is 7.89. The molecule has 1 heterocycles. The van der Waals surface area contributed by atoms with Gasteiger partial charge in [-0.15, -0.1) is 0 Å². The fourth-order valence-corrected chi connectivity index (χ4v) is 4.26. The molecule has 0 saturated heterocycles. The highest BCUT2D eigenvalue weighted by Gasteiger charge is 2.38. The molecule has 0 bridgehead atoms. The van der Waals surface area contributed by atoms with Crippen molar-refractivity contribution >= 4 is 16.6 Å². The number of H-pyrrole nitrogens is 1. The molecule has 0 spiro atoms. The third kappa shape index (κ3) is 2.67. The smallest absolute Gasteiger partial charge is 0.0671 e. The number of aromatic amines is 1. The van der Waals surface area contributed by atoms with Crippen LogP contribution in [0.1, 0.15) is 47.0 Å². The number of anilines is 1. The van der Waals surface area contributed by atoms with E-state index in [1.165, 1.54) is 30.3 Å². The van der Waals surface area contributed by atoms with E-state index in [-0.39, 0.29) is 0 Å². The number of fused-ring (bicyclic) bond motifs is 1. The maximum Gasteiger partial charge on any atom is 0.0671 e. The van der Waals surface area contributed by atoms with Crippen molar-refractivity contribution in [1.29, 1.82) is 0 Å². The van der Waals surface area contributed by atoms with Gasteiger partial charge in [-0.3, -0.25) is 5.10 Å². The van der Waals surface area contributed by atoms with Crippen LogP contribution in [0.15, 0.2) is 24.4 Å². The Bertz CT molecular complexity index is 593. The van der Waals surface area contributed by atoms with Crippen molar-refractivity contribution < 1.29 is 0 Å². The topological polar surface area (TPSA) is 40.7 Å². The highest BCUT2D eigenvalue weighted by molar-refractivity contribution is 5.90. The minimum atomic E-state index is 0.406. The molecule has 0 unspecified atom stereocenters.